The standard InChI is InChI=1S/C25H28N2O5S/c1-31-22-10-12-24(13-11-22)33(29,30)27-15-4-7-21(18-27)25(28)26-14-16-32-23-9-8-19-5-2-3-6-20(19)17-23/h2-3,5-6,8-13,17,21H,4,7,14-16,18H2,1H3,(H,26,28)/t21-/m1/s1. The predicted octanol–water partition coefficient (Wildman–Crippen LogP) is 3.44. The number of hydrogen-bond donors (Lipinski definition) is 1. The minimum atomic E-state index is -3.66. The van der Waals surface area contributed by atoms with Crippen LogP contribution in [0.25, 0.3) is 10.8 Å². The SMILES string of the molecule is COc1ccc(S(=O)(=O)N2CCC[C@@H](C(=O)NCCOc3ccc4ccccc4c3)C2)cc1. The molecule has 4 rings (SSSR count). The first-order valence-electron chi connectivity index (χ1n) is 11.0. The van der Waals surface area contributed by atoms with Gasteiger partial charge in [-0.05, 0) is 60.0 Å². The molecule has 0 spiro atoms. The second-order valence-corrected chi connectivity index (χ2v) is 9.96. The highest BCUT2D eigenvalue weighted by atomic mass is 32.2. The van der Waals surface area contributed by atoms with Gasteiger partial charge in [0.15, 0.2) is 0 Å². The zero-order valence-corrected chi connectivity index (χ0v) is 19.4. The fraction of sp³-hybridized carbons (Fsp3) is 0.320. The molecule has 7 nitrogen and oxygen atoms in total. The van der Waals surface area contributed by atoms with Gasteiger partial charge in [-0.25, -0.2) is 8.42 Å². The molecule has 1 atom stereocenters. The molecule has 0 aliphatic carbocycles. The molecule has 3 aromatic carbocycles. The van der Waals surface area contributed by atoms with Crippen molar-refractivity contribution in [2.75, 3.05) is 33.4 Å². The molecule has 0 aromatic heterocycles. The molecule has 1 fully saturated rings. The molecular formula is C25H28N2O5S. The van der Waals surface area contributed by atoms with E-state index in [0.29, 0.717) is 38.3 Å². The molecule has 1 aliphatic heterocycles. The summed E-state index contributed by atoms with van der Waals surface area (Å²) in [6, 6.07) is 20.2. The molecule has 1 aliphatic rings. The van der Waals surface area contributed by atoms with Gasteiger partial charge in [-0.3, -0.25) is 4.79 Å². The first kappa shape index (κ1) is 23.1. The number of carbonyl (C=O) groups is 1. The maximum atomic E-state index is 13.0. The van der Waals surface area contributed by atoms with E-state index in [1.54, 1.807) is 12.1 Å². The first-order valence-corrected chi connectivity index (χ1v) is 12.4. The number of benzene rings is 3. The average molecular weight is 469 g/mol. The maximum absolute atomic E-state index is 13.0. The third kappa shape index (κ3) is 5.46. The largest absolute Gasteiger partial charge is 0.497 e. The van der Waals surface area contributed by atoms with E-state index in [9.17, 15) is 13.2 Å². The zero-order valence-electron chi connectivity index (χ0n) is 18.6. The summed E-state index contributed by atoms with van der Waals surface area (Å²) in [5.74, 6) is 0.812. The van der Waals surface area contributed by atoms with Crippen molar-refractivity contribution in [1.29, 1.82) is 0 Å². The van der Waals surface area contributed by atoms with Gasteiger partial charge in [0.25, 0.3) is 0 Å². The lowest BCUT2D eigenvalue weighted by molar-refractivity contribution is -0.126. The molecular weight excluding hydrogens is 440 g/mol. The smallest absolute Gasteiger partial charge is 0.243 e. The molecule has 1 N–H and O–H groups in total. The summed E-state index contributed by atoms with van der Waals surface area (Å²) in [5.41, 5.74) is 0. The Hall–Kier alpha value is -3.10. The van der Waals surface area contributed by atoms with Crippen LogP contribution < -0.4 is 14.8 Å². The number of fused-ring (bicyclic) bond motifs is 1. The van der Waals surface area contributed by atoms with E-state index in [2.05, 4.69) is 5.32 Å². The number of carbonyl (C=O) groups excluding carboxylic acids is 1. The summed E-state index contributed by atoms with van der Waals surface area (Å²) in [6.07, 6.45) is 1.30. The maximum Gasteiger partial charge on any atom is 0.243 e. The van der Waals surface area contributed by atoms with Crippen molar-refractivity contribution < 1.29 is 22.7 Å². The number of nitrogens with zero attached hydrogens (tertiary/aromatic N) is 1. The summed E-state index contributed by atoms with van der Waals surface area (Å²) >= 11 is 0. The van der Waals surface area contributed by atoms with E-state index >= 15 is 0 Å². The van der Waals surface area contributed by atoms with Crippen LogP contribution in [-0.2, 0) is 14.8 Å². The van der Waals surface area contributed by atoms with Crippen molar-refractivity contribution in [3.05, 3.63) is 66.7 Å². The second-order valence-electron chi connectivity index (χ2n) is 8.03. The summed E-state index contributed by atoms with van der Waals surface area (Å²) in [7, 11) is -2.13. The Balaban J connectivity index is 1.29. The van der Waals surface area contributed by atoms with E-state index in [-0.39, 0.29) is 23.3 Å². The Morgan fingerprint density at radius 3 is 2.52 bits per heavy atom. The quantitative estimate of drug-likeness (QED) is 0.512. The van der Waals surface area contributed by atoms with E-state index in [1.165, 1.54) is 23.5 Å². The number of amides is 1. The van der Waals surface area contributed by atoms with Crippen LogP contribution in [0.5, 0.6) is 11.5 Å². The molecule has 33 heavy (non-hydrogen) atoms. The van der Waals surface area contributed by atoms with Crippen molar-refractivity contribution in [3.63, 3.8) is 0 Å². The van der Waals surface area contributed by atoms with Gasteiger partial charge in [0.2, 0.25) is 15.9 Å². The number of nitrogens with one attached hydrogen (secondary N) is 1. The minimum Gasteiger partial charge on any atom is -0.497 e. The van der Waals surface area contributed by atoms with E-state index in [1.807, 2.05) is 42.5 Å². The van der Waals surface area contributed by atoms with E-state index in [0.717, 1.165) is 16.5 Å². The van der Waals surface area contributed by atoms with E-state index in [4.69, 9.17) is 9.47 Å². The Morgan fingerprint density at radius 1 is 1.03 bits per heavy atom. The van der Waals surface area contributed by atoms with Gasteiger partial charge in [0.05, 0.1) is 24.5 Å². The molecule has 1 amide bonds. The predicted molar refractivity (Wildman–Crippen MR) is 127 cm³/mol. The molecule has 3 aromatic rings. The van der Waals surface area contributed by atoms with Crippen LogP contribution in [0.15, 0.2) is 71.6 Å². The van der Waals surface area contributed by atoms with Gasteiger partial charge in [-0.2, -0.15) is 4.31 Å². The van der Waals surface area contributed by atoms with Gasteiger partial charge in [-0.1, -0.05) is 30.3 Å². The van der Waals surface area contributed by atoms with Gasteiger partial charge < -0.3 is 14.8 Å². The lowest BCUT2D eigenvalue weighted by Gasteiger charge is -2.31. The number of piperidine rings is 1. The highest BCUT2D eigenvalue weighted by Crippen LogP contribution is 2.25. The van der Waals surface area contributed by atoms with Crippen LogP contribution in [0, 0.1) is 5.92 Å². The summed E-state index contributed by atoms with van der Waals surface area (Å²) < 4.78 is 38.3. The van der Waals surface area contributed by atoms with Gasteiger partial charge in [-0.15, -0.1) is 0 Å². The molecule has 8 heteroatoms. The normalized spacial score (nSPS) is 16.9. The van der Waals surface area contributed by atoms with Crippen molar-refractivity contribution in [2.24, 2.45) is 5.92 Å². The van der Waals surface area contributed by atoms with Crippen LogP contribution >= 0.6 is 0 Å². The van der Waals surface area contributed by atoms with Gasteiger partial charge in [0.1, 0.15) is 18.1 Å². The van der Waals surface area contributed by atoms with Crippen molar-refractivity contribution in [2.45, 2.75) is 17.7 Å². The van der Waals surface area contributed by atoms with Crippen molar-refractivity contribution in [1.82, 2.24) is 9.62 Å². The summed E-state index contributed by atoms with van der Waals surface area (Å²) in [4.78, 5) is 12.9. The number of hydrogen-bond acceptors (Lipinski definition) is 5. The van der Waals surface area contributed by atoms with Crippen molar-refractivity contribution >= 4 is 26.7 Å². The fourth-order valence-electron chi connectivity index (χ4n) is 4.02. The third-order valence-corrected chi connectivity index (χ3v) is 7.72. The van der Waals surface area contributed by atoms with E-state index < -0.39 is 10.0 Å². The Kier molecular flexibility index (Phi) is 7.15. The Bertz CT molecular complexity index is 1210. The molecule has 0 unspecified atom stereocenters. The van der Waals surface area contributed by atoms with Gasteiger partial charge >= 0.3 is 0 Å². The highest BCUT2D eigenvalue weighted by molar-refractivity contribution is 7.89. The topological polar surface area (TPSA) is 84.9 Å². The number of methoxy groups -OCH3 is 1. The van der Waals surface area contributed by atoms with Gasteiger partial charge in [0, 0.05) is 13.1 Å². The summed E-state index contributed by atoms with van der Waals surface area (Å²) in [5, 5.41) is 5.12. The summed E-state index contributed by atoms with van der Waals surface area (Å²) in [6.45, 7) is 1.27. The third-order valence-electron chi connectivity index (χ3n) is 5.84. The lowest BCUT2D eigenvalue weighted by Crippen LogP contribution is -2.45. The van der Waals surface area contributed by atoms with Crippen LogP contribution in [0.4, 0.5) is 0 Å². The minimum absolute atomic E-state index is 0.147. The molecule has 0 bridgehead atoms. The fourth-order valence-corrected chi connectivity index (χ4v) is 5.54. The molecule has 1 saturated heterocycles. The molecule has 1 heterocycles. The highest BCUT2D eigenvalue weighted by Gasteiger charge is 2.33. The number of ether oxygens (including phenoxy) is 2. The molecule has 0 saturated carbocycles. The average Bonchev–Trinajstić information content (AvgIpc) is 2.86. The Morgan fingerprint density at radius 2 is 1.76 bits per heavy atom. The molecule has 174 valence electrons. The number of sulfonamides is 1. The van der Waals surface area contributed by atoms with Crippen LogP contribution in [0.2, 0.25) is 0 Å². The monoisotopic (exact) mass is 468 g/mol. The van der Waals surface area contributed by atoms with Crippen LogP contribution in [0.3, 0.4) is 0 Å². The lowest BCUT2D eigenvalue weighted by atomic mass is 9.99. The number of rotatable bonds is 8. The Labute approximate surface area is 194 Å². The van der Waals surface area contributed by atoms with Crippen LogP contribution in [0.1, 0.15) is 12.8 Å². The zero-order chi connectivity index (χ0) is 23.3. The molecule has 0 radical (unpaired) electrons. The second kappa shape index (κ2) is 10.2. The van der Waals surface area contributed by atoms with Crippen molar-refractivity contribution in [3.8, 4) is 11.5 Å². The van der Waals surface area contributed by atoms with Crippen LogP contribution in [-0.4, -0.2) is 52.0 Å². The first-order chi connectivity index (χ1) is 16.0.